The molecule has 0 aliphatic heterocycles. The number of anilines is 2. The molecular formula is C19H19FN4OS. The van der Waals surface area contributed by atoms with Crippen LogP contribution in [0.25, 0.3) is 0 Å². The average Bonchev–Trinajstić information content (AvgIpc) is 2.65. The van der Waals surface area contributed by atoms with E-state index in [1.807, 2.05) is 38.1 Å². The molecule has 2 aromatic carbocycles. The Labute approximate surface area is 155 Å². The zero-order chi connectivity index (χ0) is 18.5. The van der Waals surface area contributed by atoms with Gasteiger partial charge in [0.05, 0.1) is 0 Å². The zero-order valence-electron chi connectivity index (χ0n) is 14.6. The van der Waals surface area contributed by atoms with E-state index in [1.165, 1.54) is 23.9 Å². The third-order valence-electron chi connectivity index (χ3n) is 3.83. The summed E-state index contributed by atoms with van der Waals surface area (Å²) in [5.74, 6) is 0.511. The van der Waals surface area contributed by atoms with E-state index < -0.39 is 0 Å². The third kappa shape index (κ3) is 4.29. The number of halogens is 1. The van der Waals surface area contributed by atoms with Gasteiger partial charge in [0, 0.05) is 18.0 Å². The van der Waals surface area contributed by atoms with Gasteiger partial charge in [0.15, 0.2) is 5.16 Å². The van der Waals surface area contributed by atoms with Crippen LogP contribution in [0.4, 0.5) is 15.9 Å². The largest absolute Gasteiger partial charge is 0.334 e. The van der Waals surface area contributed by atoms with Crippen LogP contribution in [0.15, 0.2) is 58.5 Å². The minimum atomic E-state index is -0.268. The van der Waals surface area contributed by atoms with Gasteiger partial charge < -0.3 is 5.32 Å². The molecule has 0 atom stereocenters. The van der Waals surface area contributed by atoms with Gasteiger partial charge in [-0.2, -0.15) is 0 Å². The van der Waals surface area contributed by atoms with Crippen LogP contribution in [-0.2, 0) is 12.3 Å². The smallest absolute Gasteiger partial charge is 0.297 e. The number of hydrogen-bond donors (Lipinski definition) is 1. The van der Waals surface area contributed by atoms with Gasteiger partial charge in [0.1, 0.15) is 5.82 Å². The van der Waals surface area contributed by atoms with Crippen molar-refractivity contribution in [3.63, 3.8) is 0 Å². The van der Waals surface area contributed by atoms with Gasteiger partial charge in [-0.3, -0.25) is 9.36 Å². The first-order valence-corrected chi connectivity index (χ1v) is 9.24. The molecule has 0 aliphatic rings. The minimum Gasteiger partial charge on any atom is -0.334 e. The fourth-order valence-electron chi connectivity index (χ4n) is 2.37. The number of thioether (sulfide) groups is 1. The molecule has 1 N–H and O–H groups in total. The Bertz CT molecular complexity index is 939. The Morgan fingerprint density at radius 2 is 1.77 bits per heavy atom. The zero-order valence-corrected chi connectivity index (χ0v) is 15.4. The molecule has 0 aliphatic carbocycles. The van der Waals surface area contributed by atoms with Crippen LogP contribution in [0.2, 0.25) is 0 Å². The van der Waals surface area contributed by atoms with Crippen molar-refractivity contribution in [3.05, 3.63) is 75.8 Å². The van der Waals surface area contributed by atoms with Crippen LogP contribution in [-0.4, -0.2) is 14.8 Å². The van der Waals surface area contributed by atoms with Gasteiger partial charge in [0.25, 0.3) is 5.56 Å². The summed E-state index contributed by atoms with van der Waals surface area (Å²) < 4.78 is 14.6. The highest BCUT2D eigenvalue weighted by Gasteiger charge is 2.12. The lowest BCUT2D eigenvalue weighted by Crippen LogP contribution is -2.26. The van der Waals surface area contributed by atoms with Crippen LogP contribution in [0.1, 0.15) is 18.1 Å². The highest BCUT2D eigenvalue weighted by atomic mass is 32.2. The minimum absolute atomic E-state index is 0.196. The molecule has 0 radical (unpaired) electrons. The molecule has 5 nitrogen and oxygen atoms in total. The summed E-state index contributed by atoms with van der Waals surface area (Å²) in [6, 6.07) is 14.0. The maximum atomic E-state index is 13.0. The van der Waals surface area contributed by atoms with Gasteiger partial charge >= 0.3 is 0 Å². The Hall–Kier alpha value is -2.67. The van der Waals surface area contributed by atoms with E-state index in [4.69, 9.17) is 0 Å². The topological polar surface area (TPSA) is 59.8 Å². The predicted octanol–water partition coefficient (Wildman–Crippen LogP) is 4.14. The second kappa shape index (κ2) is 8.14. The monoisotopic (exact) mass is 370 g/mol. The standard InChI is InChI=1S/C19H19FN4OS/c1-3-24-18(25)17(21-16-10-4-13(2)5-11-16)22-23-19(24)26-12-14-6-8-15(20)9-7-14/h4-11H,3,12H2,1-2H3,(H,21,22). The average molecular weight is 370 g/mol. The van der Waals surface area contributed by atoms with Crippen molar-refractivity contribution in [2.75, 3.05) is 5.32 Å². The van der Waals surface area contributed by atoms with E-state index in [-0.39, 0.29) is 17.2 Å². The van der Waals surface area contributed by atoms with Crippen LogP contribution in [0.5, 0.6) is 0 Å². The molecule has 7 heteroatoms. The molecule has 0 unspecified atom stereocenters. The lowest BCUT2D eigenvalue weighted by molar-refractivity contribution is 0.597. The van der Waals surface area contributed by atoms with E-state index in [0.717, 1.165) is 16.8 Å². The van der Waals surface area contributed by atoms with Crippen LogP contribution < -0.4 is 10.9 Å². The Kier molecular flexibility index (Phi) is 5.68. The van der Waals surface area contributed by atoms with E-state index >= 15 is 0 Å². The first kappa shape index (κ1) is 18.1. The summed E-state index contributed by atoms with van der Waals surface area (Å²) in [5.41, 5.74) is 2.66. The second-order valence-corrected chi connectivity index (χ2v) is 6.73. The maximum absolute atomic E-state index is 13.0. The lowest BCUT2D eigenvalue weighted by atomic mass is 10.2. The van der Waals surface area contributed by atoms with Crippen LogP contribution in [0.3, 0.4) is 0 Å². The number of nitrogens with zero attached hydrogens (tertiary/aromatic N) is 3. The summed E-state index contributed by atoms with van der Waals surface area (Å²) in [6.07, 6.45) is 0. The first-order chi connectivity index (χ1) is 12.6. The molecule has 3 rings (SSSR count). The summed E-state index contributed by atoms with van der Waals surface area (Å²) >= 11 is 1.40. The van der Waals surface area contributed by atoms with Gasteiger partial charge in [-0.25, -0.2) is 4.39 Å². The molecule has 26 heavy (non-hydrogen) atoms. The fourth-order valence-corrected chi connectivity index (χ4v) is 3.33. The fraction of sp³-hybridized carbons (Fsp3) is 0.211. The highest BCUT2D eigenvalue weighted by Crippen LogP contribution is 2.21. The van der Waals surface area contributed by atoms with Gasteiger partial charge in [0.2, 0.25) is 5.82 Å². The molecule has 0 fully saturated rings. The molecule has 0 saturated heterocycles. The Balaban J connectivity index is 1.79. The van der Waals surface area contributed by atoms with E-state index in [2.05, 4.69) is 15.5 Å². The summed E-state index contributed by atoms with van der Waals surface area (Å²) in [6.45, 7) is 4.38. The molecular weight excluding hydrogens is 351 g/mol. The number of benzene rings is 2. The second-order valence-electron chi connectivity index (χ2n) is 5.79. The van der Waals surface area contributed by atoms with E-state index in [0.29, 0.717) is 17.5 Å². The van der Waals surface area contributed by atoms with Crippen molar-refractivity contribution in [3.8, 4) is 0 Å². The molecule has 0 saturated carbocycles. The number of rotatable bonds is 6. The van der Waals surface area contributed by atoms with Crippen molar-refractivity contribution in [1.82, 2.24) is 14.8 Å². The molecule has 134 valence electrons. The molecule has 1 aromatic heterocycles. The van der Waals surface area contributed by atoms with Gasteiger partial charge in [-0.05, 0) is 43.7 Å². The number of aromatic nitrogens is 3. The molecule has 3 aromatic rings. The maximum Gasteiger partial charge on any atom is 0.297 e. The normalized spacial score (nSPS) is 10.7. The molecule has 0 bridgehead atoms. The summed E-state index contributed by atoms with van der Waals surface area (Å²) in [7, 11) is 0. The molecule has 0 spiro atoms. The summed E-state index contributed by atoms with van der Waals surface area (Å²) in [5, 5.41) is 11.8. The van der Waals surface area contributed by atoms with E-state index in [1.54, 1.807) is 16.7 Å². The number of hydrogen-bond acceptors (Lipinski definition) is 5. The highest BCUT2D eigenvalue weighted by molar-refractivity contribution is 7.98. The van der Waals surface area contributed by atoms with E-state index in [9.17, 15) is 9.18 Å². The van der Waals surface area contributed by atoms with Gasteiger partial charge in [-0.15, -0.1) is 10.2 Å². The van der Waals surface area contributed by atoms with Crippen molar-refractivity contribution in [1.29, 1.82) is 0 Å². The van der Waals surface area contributed by atoms with Crippen molar-refractivity contribution >= 4 is 23.3 Å². The van der Waals surface area contributed by atoms with Crippen molar-refractivity contribution in [2.45, 2.75) is 31.3 Å². The van der Waals surface area contributed by atoms with Crippen LogP contribution in [0, 0.1) is 12.7 Å². The van der Waals surface area contributed by atoms with Crippen LogP contribution >= 0.6 is 11.8 Å². The first-order valence-electron chi connectivity index (χ1n) is 8.25. The Morgan fingerprint density at radius 3 is 2.42 bits per heavy atom. The summed E-state index contributed by atoms with van der Waals surface area (Å²) in [4.78, 5) is 12.7. The van der Waals surface area contributed by atoms with Crippen molar-refractivity contribution in [2.24, 2.45) is 0 Å². The van der Waals surface area contributed by atoms with Gasteiger partial charge in [-0.1, -0.05) is 41.6 Å². The quantitative estimate of drug-likeness (QED) is 0.661. The lowest BCUT2D eigenvalue weighted by Gasteiger charge is -2.11. The third-order valence-corrected chi connectivity index (χ3v) is 4.86. The van der Waals surface area contributed by atoms with Crippen molar-refractivity contribution < 1.29 is 4.39 Å². The number of nitrogens with one attached hydrogen (secondary N) is 1. The number of aryl methyl sites for hydroxylation is 1. The SMILES string of the molecule is CCn1c(SCc2ccc(F)cc2)nnc(Nc2ccc(C)cc2)c1=O. The predicted molar refractivity (Wildman–Crippen MR) is 102 cm³/mol. The molecule has 1 heterocycles. The molecule has 0 amide bonds. The Morgan fingerprint density at radius 1 is 1.08 bits per heavy atom.